The molecule has 7 heteroatoms. The molecule has 0 saturated heterocycles. The second-order valence-corrected chi connectivity index (χ2v) is 7.77. The van der Waals surface area contributed by atoms with Crippen molar-refractivity contribution < 1.29 is 13.2 Å². The first kappa shape index (κ1) is 18.3. The Kier molecular flexibility index (Phi) is 7.51. The largest absolute Gasteiger partial charge is 0.495 e. The molecule has 21 heavy (non-hydrogen) atoms. The minimum atomic E-state index is -3.59. The summed E-state index contributed by atoms with van der Waals surface area (Å²) in [4.78, 5) is 0.150. The van der Waals surface area contributed by atoms with Crippen molar-refractivity contribution >= 4 is 21.8 Å². The van der Waals surface area contributed by atoms with Crippen LogP contribution in [-0.4, -0.2) is 33.1 Å². The molecule has 5 nitrogen and oxygen atoms in total. The van der Waals surface area contributed by atoms with E-state index in [1.807, 2.05) is 6.92 Å². The molecule has 0 bridgehead atoms. The Morgan fingerprint density at radius 3 is 2.71 bits per heavy atom. The Labute approximate surface area is 131 Å². The third kappa shape index (κ3) is 5.50. The van der Waals surface area contributed by atoms with Gasteiger partial charge < -0.3 is 10.5 Å². The minimum absolute atomic E-state index is 0.118. The van der Waals surface area contributed by atoms with Crippen LogP contribution in [0.3, 0.4) is 0 Å². The number of nitrogens with two attached hydrogens (primary N) is 1. The van der Waals surface area contributed by atoms with E-state index < -0.39 is 10.0 Å². The zero-order chi connectivity index (χ0) is 15.9. The topological polar surface area (TPSA) is 81.4 Å². The van der Waals surface area contributed by atoms with Gasteiger partial charge in [0.2, 0.25) is 10.0 Å². The predicted octanol–water partition coefficient (Wildman–Crippen LogP) is 1.96. The van der Waals surface area contributed by atoms with Crippen LogP contribution >= 0.6 is 11.8 Å². The number of hydrogen-bond donors (Lipinski definition) is 2. The molecule has 0 spiro atoms. The number of methoxy groups -OCH3 is 1. The smallest absolute Gasteiger partial charge is 0.244 e. The maximum absolute atomic E-state index is 12.4. The summed E-state index contributed by atoms with van der Waals surface area (Å²) in [5.41, 5.74) is 6.39. The fourth-order valence-corrected chi connectivity index (χ4v) is 4.09. The highest BCUT2D eigenvalue weighted by Gasteiger charge is 2.21. The van der Waals surface area contributed by atoms with Crippen LogP contribution in [-0.2, 0) is 16.6 Å². The van der Waals surface area contributed by atoms with E-state index in [9.17, 15) is 8.42 Å². The van der Waals surface area contributed by atoms with Gasteiger partial charge in [-0.3, -0.25) is 0 Å². The van der Waals surface area contributed by atoms with E-state index in [0.717, 1.165) is 23.5 Å². The number of thioether (sulfide) groups is 1. The van der Waals surface area contributed by atoms with Crippen molar-refractivity contribution in [3.63, 3.8) is 0 Å². The highest BCUT2D eigenvalue weighted by Crippen LogP contribution is 2.25. The number of ether oxygens (including phenoxy) is 1. The maximum atomic E-state index is 12.4. The molecule has 0 fully saturated rings. The lowest BCUT2D eigenvalue weighted by atomic mass is 10.2. The Balaban J connectivity index is 2.87. The van der Waals surface area contributed by atoms with E-state index in [-0.39, 0.29) is 10.9 Å². The van der Waals surface area contributed by atoms with Crippen LogP contribution in [0.25, 0.3) is 0 Å². The first-order valence-electron chi connectivity index (χ1n) is 6.91. The molecule has 0 heterocycles. The second kappa shape index (κ2) is 8.63. The lowest BCUT2D eigenvalue weighted by Crippen LogP contribution is -2.33. The van der Waals surface area contributed by atoms with E-state index in [0.29, 0.717) is 12.3 Å². The van der Waals surface area contributed by atoms with Gasteiger partial charge in [0, 0.05) is 12.6 Å². The van der Waals surface area contributed by atoms with Crippen LogP contribution in [0.2, 0.25) is 0 Å². The molecule has 0 aliphatic rings. The Morgan fingerprint density at radius 1 is 1.43 bits per heavy atom. The lowest BCUT2D eigenvalue weighted by molar-refractivity contribution is 0.401. The Hall–Kier alpha value is -0.760. The molecular formula is C14H24N2O3S2. The molecule has 0 amide bonds. The molecule has 120 valence electrons. The van der Waals surface area contributed by atoms with E-state index in [1.165, 1.54) is 13.2 Å². The highest BCUT2D eigenvalue weighted by atomic mass is 32.2. The average molecular weight is 332 g/mol. The standard InChI is InChI=1S/C14H24N2O3S2/c1-4-20-8-7-11(2)16-21(17,18)14-6-5-12(10-15)9-13(14)19-3/h5-6,9,11,16H,4,7-8,10,15H2,1-3H3. The number of rotatable bonds is 9. The van der Waals surface area contributed by atoms with E-state index in [2.05, 4.69) is 11.6 Å². The normalized spacial score (nSPS) is 13.1. The number of benzene rings is 1. The van der Waals surface area contributed by atoms with Crippen molar-refractivity contribution in [2.45, 2.75) is 37.8 Å². The monoisotopic (exact) mass is 332 g/mol. The summed E-state index contributed by atoms with van der Waals surface area (Å²) in [6.07, 6.45) is 0.793. The molecule has 1 unspecified atom stereocenters. The van der Waals surface area contributed by atoms with Gasteiger partial charge in [0.25, 0.3) is 0 Å². The van der Waals surface area contributed by atoms with Gasteiger partial charge in [0.05, 0.1) is 7.11 Å². The molecular weight excluding hydrogens is 308 g/mol. The Morgan fingerprint density at radius 2 is 2.14 bits per heavy atom. The third-order valence-electron chi connectivity index (χ3n) is 3.01. The average Bonchev–Trinajstić information content (AvgIpc) is 2.46. The van der Waals surface area contributed by atoms with Crippen molar-refractivity contribution in [1.82, 2.24) is 4.72 Å². The Bertz CT molecular complexity index is 547. The van der Waals surface area contributed by atoms with Crippen LogP contribution in [0.5, 0.6) is 5.75 Å². The van der Waals surface area contributed by atoms with Gasteiger partial charge in [-0.25, -0.2) is 13.1 Å². The zero-order valence-electron chi connectivity index (χ0n) is 12.8. The van der Waals surface area contributed by atoms with Gasteiger partial charge in [-0.15, -0.1) is 0 Å². The van der Waals surface area contributed by atoms with E-state index >= 15 is 0 Å². The van der Waals surface area contributed by atoms with Crippen molar-refractivity contribution in [3.8, 4) is 5.75 Å². The molecule has 1 atom stereocenters. The fourth-order valence-electron chi connectivity index (χ4n) is 1.85. The molecule has 3 N–H and O–H groups in total. The maximum Gasteiger partial charge on any atom is 0.244 e. The number of hydrogen-bond acceptors (Lipinski definition) is 5. The fraction of sp³-hybridized carbons (Fsp3) is 0.571. The van der Waals surface area contributed by atoms with Gasteiger partial charge in [-0.1, -0.05) is 13.0 Å². The summed E-state index contributed by atoms with van der Waals surface area (Å²) in [7, 11) is -2.14. The molecule has 1 aromatic carbocycles. The van der Waals surface area contributed by atoms with Gasteiger partial charge in [0.15, 0.2) is 0 Å². The molecule has 0 aliphatic heterocycles. The van der Waals surface area contributed by atoms with Crippen LogP contribution in [0.1, 0.15) is 25.8 Å². The molecule has 0 saturated carbocycles. The number of nitrogens with one attached hydrogen (secondary N) is 1. The molecule has 1 aromatic rings. The van der Waals surface area contributed by atoms with Gasteiger partial charge in [-0.2, -0.15) is 11.8 Å². The summed E-state index contributed by atoms with van der Waals surface area (Å²) < 4.78 is 32.7. The highest BCUT2D eigenvalue weighted by molar-refractivity contribution is 7.99. The third-order valence-corrected chi connectivity index (χ3v) is 5.57. The molecule has 0 radical (unpaired) electrons. The van der Waals surface area contributed by atoms with Gasteiger partial charge in [0.1, 0.15) is 10.6 Å². The van der Waals surface area contributed by atoms with Crippen molar-refractivity contribution in [2.75, 3.05) is 18.6 Å². The second-order valence-electron chi connectivity index (χ2n) is 4.70. The van der Waals surface area contributed by atoms with Crippen LogP contribution < -0.4 is 15.2 Å². The summed E-state index contributed by atoms with van der Waals surface area (Å²) >= 11 is 1.80. The molecule has 1 rings (SSSR count). The summed E-state index contributed by atoms with van der Waals surface area (Å²) in [5.74, 6) is 2.29. The van der Waals surface area contributed by atoms with Crippen LogP contribution in [0.15, 0.2) is 23.1 Å². The summed E-state index contributed by atoms with van der Waals surface area (Å²) in [6.45, 7) is 4.30. The van der Waals surface area contributed by atoms with E-state index in [4.69, 9.17) is 10.5 Å². The van der Waals surface area contributed by atoms with Crippen molar-refractivity contribution in [1.29, 1.82) is 0 Å². The zero-order valence-corrected chi connectivity index (χ0v) is 14.4. The van der Waals surface area contributed by atoms with Crippen LogP contribution in [0, 0.1) is 0 Å². The SMILES string of the molecule is CCSCCC(C)NS(=O)(=O)c1ccc(CN)cc1OC. The van der Waals surface area contributed by atoms with Gasteiger partial charge >= 0.3 is 0 Å². The lowest BCUT2D eigenvalue weighted by Gasteiger charge is -2.16. The summed E-state index contributed by atoms with van der Waals surface area (Å²) in [5, 5.41) is 0. The van der Waals surface area contributed by atoms with E-state index in [1.54, 1.807) is 23.9 Å². The summed E-state index contributed by atoms with van der Waals surface area (Å²) in [6, 6.07) is 4.78. The van der Waals surface area contributed by atoms with Crippen LogP contribution in [0.4, 0.5) is 0 Å². The quantitative estimate of drug-likeness (QED) is 0.676. The van der Waals surface area contributed by atoms with Gasteiger partial charge in [-0.05, 0) is 42.5 Å². The first-order valence-corrected chi connectivity index (χ1v) is 9.55. The molecule has 0 aliphatic carbocycles. The molecule has 0 aromatic heterocycles. The number of sulfonamides is 1. The van der Waals surface area contributed by atoms with Crippen molar-refractivity contribution in [2.24, 2.45) is 5.73 Å². The minimum Gasteiger partial charge on any atom is -0.495 e. The van der Waals surface area contributed by atoms with Crippen molar-refractivity contribution in [3.05, 3.63) is 23.8 Å². The first-order chi connectivity index (χ1) is 9.94. The predicted molar refractivity (Wildman–Crippen MR) is 88.3 cm³/mol.